The van der Waals surface area contributed by atoms with Gasteiger partial charge in [0.2, 0.25) is 5.91 Å². The summed E-state index contributed by atoms with van der Waals surface area (Å²) < 4.78 is 5.53. The van der Waals surface area contributed by atoms with Gasteiger partial charge < -0.3 is 16.2 Å². The van der Waals surface area contributed by atoms with Gasteiger partial charge in [-0.2, -0.15) is 0 Å². The topological polar surface area (TPSA) is 81.6 Å². The summed E-state index contributed by atoms with van der Waals surface area (Å²) in [6.07, 6.45) is 0. The van der Waals surface area contributed by atoms with Crippen molar-refractivity contribution in [2.45, 2.75) is 6.92 Å². The van der Waals surface area contributed by atoms with Crippen LogP contribution < -0.4 is 16.2 Å². The van der Waals surface area contributed by atoms with Crippen molar-refractivity contribution in [3.8, 4) is 5.75 Å². The highest BCUT2D eigenvalue weighted by Crippen LogP contribution is 2.14. The number of carbonyl (C=O) groups excluding carboxylic acids is 1. The third kappa shape index (κ3) is 5.21. The first-order valence-electron chi connectivity index (χ1n) is 5.60. The molecule has 5 nitrogen and oxygen atoms in total. The van der Waals surface area contributed by atoms with E-state index in [2.05, 4.69) is 0 Å². The van der Waals surface area contributed by atoms with Crippen LogP contribution in [0.15, 0.2) is 24.3 Å². The van der Waals surface area contributed by atoms with E-state index in [1.165, 1.54) is 0 Å². The molecular formula is C12H19N3O2. The zero-order chi connectivity index (χ0) is 12.7. The molecule has 0 fully saturated rings. The average molecular weight is 237 g/mol. The van der Waals surface area contributed by atoms with Crippen LogP contribution in [0.1, 0.15) is 6.92 Å². The highest BCUT2D eigenvalue weighted by Gasteiger charge is 2.05. The van der Waals surface area contributed by atoms with Gasteiger partial charge in [-0.3, -0.25) is 9.69 Å². The quantitative estimate of drug-likeness (QED) is 0.675. The third-order valence-electron chi connectivity index (χ3n) is 2.36. The first-order chi connectivity index (χ1) is 8.11. The molecule has 0 aromatic heterocycles. The van der Waals surface area contributed by atoms with Crippen LogP contribution in [-0.4, -0.2) is 37.0 Å². The summed E-state index contributed by atoms with van der Waals surface area (Å²) in [5, 5.41) is 0. The first kappa shape index (κ1) is 13.3. The van der Waals surface area contributed by atoms with Crippen molar-refractivity contribution in [1.29, 1.82) is 0 Å². The van der Waals surface area contributed by atoms with E-state index in [1.54, 1.807) is 12.1 Å². The van der Waals surface area contributed by atoms with E-state index in [9.17, 15) is 4.79 Å². The molecule has 1 amide bonds. The molecule has 1 rings (SSSR count). The van der Waals surface area contributed by atoms with Crippen LogP contribution in [0, 0.1) is 0 Å². The van der Waals surface area contributed by atoms with Crippen LogP contribution in [0.4, 0.5) is 5.69 Å². The van der Waals surface area contributed by atoms with Crippen LogP contribution >= 0.6 is 0 Å². The number of amides is 1. The predicted molar refractivity (Wildman–Crippen MR) is 67.7 cm³/mol. The Kier molecular flexibility index (Phi) is 5.29. The SMILES string of the molecule is CCN(CCOc1cccc(N)c1)CC(N)=O. The van der Waals surface area contributed by atoms with Crippen molar-refractivity contribution in [3.63, 3.8) is 0 Å². The lowest BCUT2D eigenvalue weighted by Crippen LogP contribution is -2.36. The molecule has 0 atom stereocenters. The van der Waals surface area contributed by atoms with Crippen LogP contribution in [0.3, 0.4) is 0 Å². The van der Waals surface area contributed by atoms with Gasteiger partial charge in [0.15, 0.2) is 0 Å². The normalized spacial score (nSPS) is 10.5. The number of hydrogen-bond acceptors (Lipinski definition) is 4. The number of anilines is 1. The zero-order valence-corrected chi connectivity index (χ0v) is 10.1. The van der Waals surface area contributed by atoms with Crippen molar-refractivity contribution in [3.05, 3.63) is 24.3 Å². The molecule has 0 aliphatic rings. The molecule has 0 aliphatic carbocycles. The molecule has 0 bridgehead atoms. The van der Waals surface area contributed by atoms with Crippen molar-refractivity contribution in [1.82, 2.24) is 4.90 Å². The Balaban J connectivity index is 2.33. The summed E-state index contributed by atoms with van der Waals surface area (Å²) in [4.78, 5) is 12.7. The maximum absolute atomic E-state index is 10.8. The predicted octanol–water partition coefficient (Wildman–Crippen LogP) is 0.455. The van der Waals surface area contributed by atoms with E-state index in [1.807, 2.05) is 24.0 Å². The molecule has 5 heteroatoms. The molecule has 4 N–H and O–H groups in total. The number of primary amides is 1. The van der Waals surface area contributed by atoms with Crippen LogP contribution in [-0.2, 0) is 4.79 Å². The van der Waals surface area contributed by atoms with E-state index in [0.29, 0.717) is 18.8 Å². The zero-order valence-electron chi connectivity index (χ0n) is 10.1. The lowest BCUT2D eigenvalue weighted by atomic mass is 10.3. The summed E-state index contributed by atoms with van der Waals surface area (Å²) >= 11 is 0. The fourth-order valence-electron chi connectivity index (χ4n) is 1.47. The van der Waals surface area contributed by atoms with Crippen molar-refractivity contribution in [2.75, 3.05) is 32.0 Å². The Labute approximate surface area is 101 Å². The lowest BCUT2D eigenvalue weighted by Gasteiger charge is -2.18. The van der Waals surface area contributed by atoms with Gasteiger partial charge in [0, 0.05) is 18.3 Å². The molecule has 1 aromatic rings. The fraction of sp³-hybridized carbons (Fsp3) is 0.417. The van der Waals surface area contributed by atoms with E-state index in [-0.39, 0.29) is 12.5 Å². The second kappa shape index (κ2) is 6.75. The monoisotopic (exact) mass is 237 g/mol. The van der Waals surface area contributed by atoms with Crippen LogP contribution in [0.5, 0.6) is 5.75 Å². The molecule has 1 aromatic carbocycles. The summed E-state index contributed by atoms with van der Waals surface area (Å²) in [6, 6.07) is 7.26. The van der Waals surface area contributed by atoms with Gasteiger partial charge in [0.05, 0.1) is 6.54 Å². The molecule has 0 unspecified atom stereocenters. The van der Waals surface area contributed by atoms with Gasteiger partial charge in [-0.05, 0) is 18.7 Å². The summed E-state index contributed by atoms with van der Waals surface area (Å²) in [7, 11) is 0. The summed E-state index contributed by atoms with van der Waals surface area (Å²) in [5.41, 5.74) is 11.4. The van der Waals surface area contributed by atoms with Gasteiger partial charge in [-0.15, -0.1) is 0 Å². The van der Waals surface area contributed by atoms with E-state index in [0.717, 1.165) is 12.3 Å². The minimum Gasteiger partial charge on any atom is -0.492 e. The number of rotatable bonds is 7. The Bertz CT molecular complexity index is 369. The number of ether oxygens (including phenoxy) is 1. The highest BCUT2D eigenvalue weighted by atomic mass is 16.5. The number of benzene rings is 1. The number of hydrogen-bond donors (Lipinski definition) is 2. The smallest absolute Gasteiger partial charge is 0.231 e. The van der Waals surface area contributed by atoms with Gasteiger partial charge in [-0.25, -0.2) is 0 Å². The molecule has 0 saturated heterocycles. The van der Waals surface area contributed by atoms with Crippen molar-refractivity contribution < 1.29 is 9.53 Å². The fourth-order valence-corrected chi connectivity index (χ4v) is 1.47. The number of likely N-dealkylation sites (N-methyl/N-ethyl adjacent to an activating group) is 1. The average Bonchev–Trinajstić information content (AvgIpc) is 2.27. The number of nitrogens with two attached hydrogens (primary N) is 2. The Hall–Kier alpha value is -1.75. The lowest BCUT2D eigenvalue weighted by molar-refractivity contribution is -0.119. The van der Waals surface area contributed by atoms with E-state index >= 15 is 0 Å². The molecule has 0 spiro atoms. The Morgan fingerprint density at radius 1 is 1.47 bits per heavy atom. The van der Waals surface area contributed by atoms with Gasteiger partial charge in [0.25, 0.3) is 0 Å². The molecule has 0 saturated carbocycles. The van der Waals surface area contributed by atoms with Crippen molar-refractivity contribution in [2.24, 2.45) is 5.73 Å². The number of nitrogens with zero attached hydrogens (tertiary/aromatic N) is 1. The van der Waals surface area contributed by atoms with Gasteiger partial charge in [-0.1, -0.05) is 13.0 Å². The minimum absolute atomic E-state index is 0.261. The number of nitrogen functional groups attached to an aromatic ring is 1. The summed E-state index contributed by atoms with van der Waals surface area (Å²) in [5.74, 6) is 0.413. The van der Waals surface area contributed by atoms with Crippen LogP contribution in [0.2, 0.25) is 0 Å². The number of carbonyl (C=O) groups is 1. The van der Waals surface area contributed by atoms with Gasteiger partial charge in [0.1, 0.15) is 12.4 Å². The Morgan fingerprint density at radius 3 is 2.82 bits per heavy atom. The van der Waals surface area contributed by atoms with E-state index < -0.39 is 0 Å². The molecular weight excluding hydrogens is 218 g/mol. The van der Waals surface area contributed by atoms with Crippen molar-refractivity contribution >= 4 is 11.6 Å². The molecule has 17 heavy (non-hydrogen) atoms. The second-order valence-electron chi connectivity index (χ2n) is 3.76. The van der Waals surface area contributed by atoms with E-state index in [4.69, 9.17) is 16.2 Å². The highest BCUT2D eigenvalue weighted by molar-refractivity contribution is 5.75. The molecule has 0 aliphatic heterocycles. The second-order valence-corrected chi connectivity index (χ2v) is 3.76. The molecule has 0 radical (unpaired) electrons. The maximum atomic E-state index is 10.8. The standard InChI is InChI=1S/C12H19N3O2/c1-2-15(9-12(14)16)6-7-17-11-5-3-4-10(13)8-11/h3-5,8H,2,6-7,9,13H2,1H3,(H2,14,16). The maximum Gasteiger partial charge on any atom is 0.231 e. The Morgan fingerprint density at radius 2 is 2.24 bits per heavy atom. The first-order valence-corrected chi connectivity index (χ1v) is 5.60. The minimum atomic E-state index is -0.323. The third-order valence-corrected chi connectivity index (χ3v) is 2.36. The van der Waals surface area contributed by atoms with Crippen LogP contribution in [0.25, 0.3) is 0 Å². The van der Waals surface area contributed by atoms with Gasteiger partial charge >= 0.3 is 0 Å². The molecule has 0 heterocycles. The largest absolute Gasteiger partial charge is 0.492 e. The molecule has 94 valence electrons. The summed E-state index contributed by atoms with van der Waals surface area (Å²) in [6.45, 7) is 4.17.